The van der Waals surface area contributed by atoms with Crippen molar-refractivity contribution in [2.24, 2.45) is 0 Å². The van der Waals surface area contributed by atoms with Gasteiger partial charge in [0.1, 0.15) is 0 Å². The molecule has 0 radical (unpaired) electrons. The number of hydrogen-bond donors (Lipinski definition) is 1. The first kappa shape index (κ1) is 10.5. The zero-order chi connectivity index (χ0) is 9.97. The summed E-state index contributed by atoms with van der Waals surface area (Å²) in [6.45, 7) is 4.58. The van der Waals surface area contributed by atoms with E-state index in [1.165, 1.54) is 17.1 Å². The highest BCUT2D eigenvalue weighted by molar-refractivity contribution is 8.00. The Morgan fingerprint density at radius 1 is 1.57 bits per heavy atom. The monoisotopic (exact) mass is 227 g/mol. The summed E-state index contributed by atoms with van der Waals surface area (Å²) >= 11 is 3.93. The molecule has 1 aliphatic rings. The Labute approximate surface area is 94.3 Å². The molecule has 0 spiro atoms. The highest BCUT2D eigenvalue weighted by Gasteiger charge is 2.23. The summed E-state index contributed by atoms with van der Waals surface area (Å²) in [4.78, 5) is 1.45. The van der Waals surface area contributed by atoms with Gasteiger partial charge in [-0.05, 0) is 24.8 Å². The fraction of sp³-hybridized carbons (Fsp3) is 0.636. The molecule has 78 valence electrons. The van der Waals surface area contributed by atoms with Gasteiger partial charge in [-0.3, -0.25) is 0 Å². The van der Waals surface area contributed by atoms with E-state index in [4.69, 9.17) is 0 Å². The van der Waals surface area contributed by atoms with E-state index < -0.39 is 0 Å². The predicted molar refractivity (Wildman–Crippen MR) is 66.2 cm³/mol. The Morgan fingerprint density at radius 2 is 2.43 bits per heavy atom. The highest BCUT2D eigenvalue weighted by Crippen LogP contribution is 2.28. The van der Waals surface area contributed by atoms with Crippen LogP contribution in [0.15, 0.2) is 17.5 Å². The molecule has 3 atom stereocenters. The standard InChI is InChI=1S/C11H17NS2/c1-8-6-10(7-14-8)12-9(2)11-4-3-5-13-11/h3-5,8-10,12H,6-7H2,1-2H3. The maximum Gasteiger partial charge on any atom is 0.0388 e. The van der Waals surface area contributed by atoms with Crippen LogP contribution in [-0.2, 0) is 0 Å². The minimum Gasteiger partial charge on any atom is -0.306 e. The zero-order valence-corrected chi connectivity index (χ0v) is 10.3. The van der Waals surface area contributed by atoms with Crippen LogP contribution in [0, 0.1) is 0 Å². The zero-order valence-electron chi connectivity index (χ0n) is 8.69. The van der Waals surface area contributed by atoms with Gasteiger partial charge in [0.15, 0.2) is 0 Å². The van der Waals surface area contributed by atoms with E-state index in [-0.39, 0.29) is 0 Å². The Bertz CT molecular complexity index is 271. The minimum absolute atomic E-state index is 0.519. The summed E-state index contributed by atoms with van der Waals surface area (Å²) in [7, 11) is 0. The van der Waals surface area contributed by atoms with Gasteiger partial charge >= 0.3 is 0 Å². The lowest BCUT2D eigenvalue weighted by Crippen LogP contribution is -2.31. The largest absolute Gasteiger partial charge is 0.306 e. The molecule has 1 saturated heterocycles. The Balaban J connectivity index is 1.86. The van der Waals surface area contributed by atoms with Crippen molar-refractivity contribution < 1.29 is 0 Å². The van der Waals surface area contributed by atoms with E-state index in [1.54, 1.807) is 0 Å². The molecule has 1 N–H and O–H groups in total. The lowest BCUT2D eigenvalue weighted by molar-refractivity contribution is 0.479. The summed E-state index contributed by atoms with van der Waals surface area (Å²) in [6.07, 6.45) is 1.32. The first-order valence-corrected chi connectivity index (χ1v) is 7.09. The summed E-state index contributed by atoms with van der Waals surface area (Å²) < 4.78 is 0. The average Bonchev–Trinajstić information content (AvgIpc) is 2.75. The van der Waals surface area contributed by atoms with Crippen molar-refractivity contribution in [3.8, 4) is 0 Å². The normalized spacial score (nSPS) is 29.3. The van der Waals surface area contributed by atoms with E-state index in [1.807, 2.05) is 11.3 Å². The number of hydrogen-bond acceptors (Lipinski definition) is 3. The molecule has 0 aromatic carbocycles. The van der Waals surface area contributed by atoms with E-state index in [0.717, 1.165) is 5.25 Å². The lowest BCUT2D eigenvalue weighted by Gasteiger charge is -2.17. The van der Waals surface area contributed by atoms with Gasteiger partial charge in [0.25, 0.3) is 0 Å². The number of rotatable bonds is 3. The van der Waals surface area contributed by atoms with Crippen molar-refractivity contribution in [1.82, 2.24) is 5.32 Å². The van der Waals surface area contributed by atoms with Crippen LogP contribution in [0.25, 0.3) is 0 Å². The molecule has 1 nitrogen and oxygen atoms in total. The van der Waals surface area contributed by atoms with Crippen LogP contribution in [0.5, 0.6) is 0 Å². The van der Waals surface area contributed by atoms with E-state index in [2.05, 4.69) is 48.4 Å². The summed E-state index contributed by atoms with van der Waals surface area (Å²) in [5.74, 6) is 1.27. The molecule has 0 bridgehead atoms. The SMILES string of the molecule is CC1CC(NC(C)c2cccs2)CS1. The second-order valence-electron chi connectivity index (χ2n) is 3.98. The first-order chi connectivity index (χ1) is 6.75. The maximum absolute atomic E-state index is 3.70. The first-order valence-electron chi connectivity index (χ1n) is 5.17. The third-order valence-corrected chi connectivity index (χ3v) is 5.07. The minimum atomic E-state index is 0.519. The fourth-order valence-electron chi connectivity index (χ4n) is 1.91. The molecule has 3 heteroatoms. The van der Waals surface area contributed by atoms with Crippen LogP contribution < -0.4 is 5.32 Å². The molecule has 2 rings (SSSR count). The molecule has 14 heavy (non-hydrogen) atoms. The predicted octanol–water partition coefficient (Wildman–Crippen LogP) is 3.29. The fourth-order valence-corrected chi connectivity index (χ4v) is 3.81. The summed E-state index contributed by atoms with van der Waals surface area (Å²) in [5, 5.41) is 6.69. The van der Waals surface area contributed by atoms with Crippen LogP contribution in [-0.4, -0.2) is 17.0 Å². The second kappa shape index (κ2) is 4.69. The van der Waals surface area contributed by atoms with Crippen molar-refractivity contribution in [2.45, 2.75) is 37.6 Å². The molecule has 0 aliphatic carbocycles. The van der Waals surface area contributed by atoms with E-state index >= 15 is 0 Å². The molecule has 1 aliphatic heterocycles. The number of thiophene rings is 1. The van der Waals surface area contributed by atoms with Gasteiger partial charge in [-0.1, -0.05) is 13.0 Å². The summed E-state index contributed by atoms with van der Waals surface area (Å²) in [6, 6.07) is 5.58. The van der Waals surface area contributed by atoms with Gasteiger partial charge in [-0.2, -0.15) is 11.8 Å². The van der Waals surface area contributed by atoms with Crippen molar-refractivity contribution >= 4 is 23.1 Å². The van der Waals surface area contributed by atoms with Crippen LogP contribution in [0.1, 0.15) is 31.2 Å². The molecule has 3 unspecified atom stereocenters. The maximum atomic E-state index is 3.70. The molecular weight excluding hydrogens is 210 g/mol. The van der Waals surface area contributed by atoms with E-state index in [0.29, 0.717) is 12.1 Å². The van der Waals surface area contributed by atoms with Crippen molar-refractivity contribution in [1.29, 1.82) is 0 Å². The molecule has 0 amide bonds. The van der Waals surface area contributed by atoms with Gasteiger partial charge in [0, 0.05) is 28.0 Å². The van der Waals surface area contributed by atoms with Crippen molar-refractivity contribution in [2.75, 3.05) is 5.75 Å². The third kappa shape index (κ3) is 2.53. The molecule has 1 fully saturated rings. The van der Waals surface area contributed by atoms with Gasteiger partial charge in [-0.15, -0.1) is 11.3 Å². The molecular formula is C11H17NS2. The Kier molecular flexibility index (Phi) is 3.52. The van der Waals surface area contributed by atoms with Gasteiger partial charge in [0.05, 0.1) is 0 Å². The van der Waals surface area contributed by atoms with Gasteiger partial charge < -0.3 is 5.32 Å². The topological polar surface area (TPSA) is 12.0 Å². The smallest absolute Gasteiger partial charge is 0.0388 e. The van der Waals surface area contributed by atoms with E-state index in [9.17, 15) is 0 Å². The molecule has 1 aromatic heterocycles. The highest BCUT2D eigenvalue weighted by atomic mass is 32.2. The van der Waals surface area contributed by atoms with Crippen LogP contribution in [0.3, 0.4) is 0 Å². The van der Waals surface area contributed by atoms with Crippen molar-refractivity contribution in [3.05, 3.63) is 22.4 Å². The second-order valence-corrected chi connectivity index (χ2v) is 6.43. The quantitative estimate of drug-likeness (QED) is 0.850. The van der Waals surface area contributed by atoms with Gasteiger partial charge in [-0.25, -0.2) is 0 Å². The molecule has 2 heterocycles. The number of nitrogens with one attached hydrogen (secondary N) is 1. The number of thioether (sulfide) groups is 1. The molecule has 0 saturated carbocycles. The third-order valence-electron chi connectivity index (χ3n) is 2.65. The lowest BCUT2D eigenvalue weighted by atomic mass is 10.1. The van der Waals surface area contributed by atoms with Crippen LogP contribution >= 0.6 is 23.1 Å². The Morgan fingerprint density at radius 3 is 3.00 bits per heavy atom. The van der Waals surface area contributed by atoms with Gasteiger partial charge in [0.2, 0.25) is 0 Å². The van der Waals surface area contributed by atoms with Crippen LogP contribution in [0.2, 0.25) is 0 Å². The van der Waals surface area contributed by atoms with Crippen LogP contribution in [0.4, 0.5) is 0 Å². The summed E-state index contributed by atoms with van der Waals surface area (Å²) in [5.41, 5.74) is 0. The molecule has 1 aromatic rings. The average molecular weight is 227 g/mol. The van der Waals surface area contributed by atoms with Crippen molar-refractivity contribution in [3.63, 3.8) is 0 Å². The Hall–Kier alpha value is 0.01000.